The molecule has 0 aliphatic rings. The Morgan fingerprint density at radius 2 is 1.29 bits per heavy atom. The van der Waals surface area contributed by atoms with Crippen LogP contribution in [0.5, 0.6) is 0 Å². The van der Waals surface area contributed by atoms with Gasteiger partial charge in [-0.15, -0.1) is 0 Å². The van der Waals surface area contributed by atoms with Gasteiger partial charge in [-0.3, -0.25) is 14.5 Å². The van der Waals surface area contributed by atoms with Crippen molar-refractivity contribution in [3.05, 3.63) is 58.6 Å². The van der Waals surface area contributed by atoms with Crippen molar-refractivity contribution in [1.29, 1.82) is 0 Å². The second kappa shape index (κ2) is 13.3. The van der Waals surface area contributed by atoms with E-state index in [2.05, 4.69) is 26.6 Å². The van der Waals surface area contributed by atoms with E-state index in [1.54, 1.807) is 31.2 Å². The summed E-state index contributed by atoms with van der Waals surface area (Å²) in [6.07, 6.45) is -4.57. The second-order valence-corrected chi connectivity index (χ2v) is 7.39. The molecule has 184 valence electrons. The molecular formula is C21H21BrF3N3O6. The third-order valence-electron chi connectivity index (χ3n) is 4.02. The molecule has 0 bridgehead atoms. The number of carbonyl (C=O) groups excluding carboxylic acids is 2. The van der Waals surface area contributed by atoms with Gasteiger partial charge in [0.2, 0.25) is 11.8 Å². The molecule has 4 N–H and O–H groups in total. The number of nitrogens with zero attached hydrogens (tertiary/aromatic N) is 1. The Hall–Kier alpha value is -3.45. The zero-order valence-corrected chi connectivity index (χ0v) is 19.3. The van der Waals surface area contributed by atoms with Crippen molar-refractivity contribution in [3.63, 3.8) is 0 Å². The van der Waals surface area contributed by atoms with E-state index in [1.807, 2.05) is 0 Å². The number of rotatable bonds is 7. The van der Waals surface area contributed by atoms with Crippen LogP contribution in [-0.4, -0.2) is 58.5 Å². The Morgan fingerprint density at radius 3 is 1.74 bits per heavy atom. The summed E-state index contributed by atoms with van der Waals surface area (Å²) in [6, 6.07) is 11.8. The molecule has 0 fully saturated rings. The fourth-order valence-electron chi connectivity index (χ4n) is 2.47. The molecule has 0 saturated carbocycles. The number of hydrogen-bond acceptors (Lipinski definition) is 5. The number of aliphatic carboxylic acids is 2. The topological polar surface area (TPSA) is 136 Å². The Kier molecular flexibility index (Phi) is 11.2. The van der Waals surface area contributed by atoms with E-state index < -0.39 is 29.6 Å². The van der Waals surface area contributed by atoms with Gasteiger partial charge < -0.3 is 20.8 Å². The zero-order chi connectivity index (χ0) is 25.9. The second-order valence-electron chi connectivity index (χ2n) is 6.53. The van der Waals surface area contributed by atoms with Crippen molar-refractivity contribution < 1.29 is 42.6 Å². The molecule has 0 atom stereocenters. The lowest BCUT2D eigenvalue weighted by Gasteiger charge is -2.20. The monoisotopic (exact) mass is 547 g/mol. The van der Waals surface area contributed by atoms with E-state index in [1.165, 1.54) is 23.1 Å². The average molecular weight is 548 g/mol. The van der Waals surface area contributed by atoms with Crippen molar-refractivity contribution in [3.8, 4) is 0 Å². The normalized spacial score (nSPS) is 10.6. The lowest BCUT2D eigenvalue weighted by atomic mass is 10.1. The molecular weight excluding hydrogens is 527 g/mol. The molecule has 9 nitrogen and oxygen atoms in total. The first-order valence-corrected chi connectivity index (χ1v) is 10.3. The number of hydrogen-bond donors (Lipinski definition) is 4. The van der Waals surface area contributed by atoms with Gasteiger partial charge in [0.05, 0.1) is 30.0 Å². The van der Waals surface area contributed by atoms with Crippen molar-refractivity contribution in [1.82, 2.24) is 4.90 Å². The van der Waals surface area contributed by atoms with Crippen LogP contribution >= 0.6 is 15.9 Å². The molecule has 2 aromatic rings. The first-order valence-electron chi connectivity index (χ1n) is 9.54. The number of anilines is 2. The Bertz CT molecular complexity index is 1020. The minimum absolute atomic E-state index is 0.0772. The number of likely N-dealkylation sites (N-methyl/N-ethyl adjacent to an activating group) is 1. The molecule has 34 heavy (non-hydrogen) atoms. The van der Waals surface area contributed by atoms with Crippen molar-refractivity contribution in [2.75, 3.05) is 30.3 Å². The summed E-state index contributed by atoms with van der Waals surface area (Å²) >= 11 is 3.32. The summed E-state index contributed by atoms with van der Waals surface area (Å²) in [4.78, 5) is 44.1. The van der Waals surface area contributed by atoms with Crippen LogP contribution in [0.1, 0.15) is 12.5 Å². The van der Waals surface area contributed by atoms with E-state index in [0.29, 0.717) is 16.7 Å². The van der Waals surface area contributed by atoms with Crippen LogP contribution < -0.4 is 10.6 Å². The molecule has 0 aromatic heterocycles. The Balaban J connectivity index is 0.000000852. The van der Waals surface area contributed by atoms with Crippen LogP contribution in [0.2, 0.25) is 0 Å². The van der Waals surface area contributed by atoms with Crippen molar-refractivity contribution >= 4 is 51.1 Å². The highest BCUT2D eigenvalue weighted by Gasteiger charge is 2.33. The van der Waals surface area contributed by atoms with Gasteiger partial charge in [0.15, 0.2) is 0 Å². The lowest BCUT2D eigenvalue weighted by molar-refractivity contribution is -0.159. The van der Waals surface area contributed by atoms with E-state index in [4.69, 9.17) is 19.8 Å². The smallest absolute Gasteiger partial charge is 0.418 e. The number of alkyl halides is 3. The standard InChI is InChI=1S/C19H19BrF3N3O2.C2H2O4/c1-2-26(12-18(28)25-16-10-6-4-8-14(16)20)11-17(27)24-15-9-5-3-7-13(15)19(21,22)23;3-1(4)2(5)6/h3-10H,2,11-12H2,1H3,(H,24,27)(H,25,28);(H,3,4)(H,5,6). The summed E-state index contributed by atoms with van der Waals surface area (Å²) in [7, 11) is 0. The fourth-order valence-corrected chi connectivity index (χ4v) is 2.85. The molecule has 13 heteroatoms. The first kappa shape index (κ1) is 28.6. The molecule has 0 aliphatic heterocycles. The van der Waals surface area contributed by atoms with Crippen LogP contribution in [0.15, 0.2) is 53.0 Å². The summed E-state index contributed by atoms with van der Waals surface area (Å²) in [5.41, 5.74) is -0.640. The van der Waals surface area contributed by atoms with E-state index in [9.17, 15) is 22.8 Å². The third kappa shape index (κ3) is 10.0. The van der Waals surface area contributed by atoms with Gasteiger partial charge >= 0.3 is 18.1 Å². The number of nitrogens with one attached hydrogen (secondary N) is 2. The van der Waals surface area contributed by atoms with Gasteiger partial charge in [0.25, 0.3) is 0 Å². The number of para-hydroxylation sites is 2. The van der Waals surface area contributed by atoms with Crippen LogP contribution in [0.3, 0.4) is 0 Å². The number of carbonyl (C=O) groups is 4. The highest BCUT2D eigenvalue weighted by atomic mass is 79.9. The maximum atomic E-state index is 13.0. The molecule has 2 aromatic carbocycles. The van der Waals surface area contributed by atoms with Crippen LogP contribution in [0.25, 0.3) is 0 Å². The van der Waals surface area contributed by atoms with Gasteiger partial charge in [-0.2, -0.15) is 13.2 Å². The predicted octanol–water partition coefficient (Wildman–Crippen LogP) is 3.52. The molecule has 0 unspecified atom stereocenters. The van der Waals surface area contributed by atoms with E-state index in [-0.39, 0.29) is 24.7 Å². The van der Waals surface area contributed by atoms with Gasteiger partial charge in [-0.1, -0.05) is 31.2 Å². The Labute approximate surface area is 200 Å². The zero-order valence-electron chi connectivity index (χ0n) is 17.7. The summed E-state index contributed by atoms with van der Waals surface area (Å²) < 4.78 is 39.8. The van der Waals surface area contributed by atoms with Crippen molar-refractivity contribution in [2.24, 2.45) is 0 Å². The van der Waals surface area contributed by atoms with Gasteiger partial charge in [0.1, 0.15) is 0 Å². The minimum atomic E-state index is -4.57. The molecule has 2 amide bonds. The van der Waals surface area contributed by atoms with Crippen LogP contribution in [0, 0.1) is 0 Å². The Morgan fingerprint density at radius 1 is 0.853 bits per heavy atom. The molecule has 0 aliphatic carbocycles. The van der Waals surface area contributed by atoms with Gasteiger partial charge in [0, 0.05) is 4.47 Å². The maximum absolute atomic E-state index is 13.0. The minimum Gasteiger partial charge on any atom is -0.473 e. The highest BCUT2D eigenvalue weighted by Crippen LogP contribution is 2.34. The quantitative estimate of drug-likeness (QED) is 0.389. The lowest BCUT2D eigenvalue weighted by Crippen LogP contribution is -2.38. The maximum Gasteiger partial charge on any atom is 0.418 e. The number of carboxylic acids is 2. The van der Waals surface area contributed by atoms with Gasteiger partial charge in [-0.05, 0) is 46.7 Å². The summed E-state index contributed by atoms with van der Waals surface area (Å²) in [6.45, 7) is 1.83. The van der Waals surface area contributed by atoms with Crippen molar-refractivity contribution in [2.45, 2.75) is 13.1 Å². The molecule has 0 saturated heterocycles. The van der Waals surface area contributed by atoms with E-state index in [0.717, 1.165) is 6.07 Å². The number of benzene rings is 2. The SMILES string of the molecule is CCN(CC(=O)Nc1ccccc1Br)CC(=O)Nc1ccccc1C(F)(F)F.O=C(O)C(=O)O. The largest absolute Gasteiger partial charge is 0.473 e. The van der Waals surface area contributed by atoms with E-state index >= 15 is 0 Å². The van der Waals surface area contributed by atoms with Crippen LogP contribution in [0.4, 0.5) is 24.5 Å². The number of halogens is 4. The predicted molar refractivity (Wildman–Crippen MR) is 120 cm³/mol. The first-order chi connectivity index (χ1) is 15.8. The van der Waals surface area contributed by atoms with Gasteiger partial charge in [-0.25, -0.2) is 9.59 Å². The van der Waals surface area contributed by atoms with Crippen LogP contribution in [-0.2, 0) is 25.4 Å². The summed E-state index contributed by atoms with van der Waals surface area (Å²) in [5.74, 6) is -4.62. The number of amides is 2. The molecule has 0 radical (unpaired) electrons. The molecule has 2 rings (SSSR count). The third-order valence-corrected chi connectivity index (χ3v) is 4.71. The summed E-state index contributed by atoms with van der Waals surface area (Å²) in [5, 5.41) is 19.8. The highest BCUT2D eigenvalue weighted by molar-refractivity contribution is 9.10. The average Bonchev–Trinajstić information content (AvgIpc) is 2.74. The number of carboxylic acid groups (broad SMARTS) is 2. The fraction of sp³-hybridized carbons (Fsp3) is 0.238. The molecule has 0 spiro atoms. The molecule has 0 heterocycles.